The van der Waals surface area contributed by atoms with Gasteiger partial charge < -0.3 is 20.0 Å². The molecule has 0 aromatic heterocycles. The highest BCUT2D eigenvalue weighted by Crippen LogP contribution is 2.30. The molecular weight excluding hydrogens is 524 g/mol. The highest BCUT2D eigenvalue weighted by atomic mass is 35.5. The monoisotopic (exact) mass is 558 g/mol. The maximum Gasteiger partial charge on any atom is 0.257 e. The Kier molecular flexibility index (Phi) is 8.70. The van der Waals surface area contributed by atoms with Gasteiger partial charge in [0.05, 0.1) is 22.1 Å². The molecule has 2 saturated heterocycles. The van der Waals surface area contributed by atoms with E-state index in [1.165, 1.54) is 0 Å². The normalized spacial score (nSPS) is 16.1. The van der Waals surface area contributed by atoms with Crippen LogP contribution in [-0.4, -0.2) is 66.8 Å². The van der Waals surface area contributed by atoms with E-state index in [1.54, 1.807) is 30.3 Å². The molecule has 7 nitrogen and oxygen atoms in total. The Morgan fingerprint density at radius 2 is 1.48 bits per heavy atom. The van der Waals surface area contributed by atoms with Crippen LogP contribution in [0.4, 0.5) is 11.4 Å². The summed E-state index contributed by atoms with van der Waals surface area (Å²) in [7, 11) is 0. The van der Waals surface area contributed by atoms with E-state index in [4.69, 9.17) is 11.6 Å². The quantitative estimate of drug-likeness (QED) is 0.405. The van der Waals surface area contributed by atoms with E-state index in [0.29, 0.717) is 48.0 Å². The summed E-state index contributed by atoms with van der Waals surface area (Å²) in [6.45, 7) is 5.94. The van der Waals surface area contributed by atoms with Crippen LogP contribution >= 0.6 is 11.6 Å². The molecule has 40 heavy (non-hydrogen) atoms. The Balaban J connectivity index is 1.34. The molecule has 2 aliphatic rings. The zero-order valence-electron chi connectivity index (χ0n) is 22.8. The van der Waals surface area contributed by atoms with Gasteiger partial charge in [-0.3, -0.25) is 14.4 Å². The summed E-state index contributed by atoms with van der Waals surface area (Å²) in [6.07, 6.45) is 2.73. The summed E-state index contributed by atoms with van der Waals surface area (Å²) in [4.78, 5) is 45.9. The minimum atomic E-state index is -0.325. The lowest BCUT2D eigenvalue weighted by Gasteiger charge is -2.38. The van der Waals surface area contributed by atoms with Crippen molar-refractivity contribution in [2.24, 2.45) is 0 Å². The molecular formula is C32H35ClN4O3. The Hall–Kier alpha value is -3.84. The first-order valence-corrected chi connectivity index (χ1v) is 14.4. The highest BCUT2D eigenvalue weighted by Gasteiger charge is 2.30. The number of halogens is 1. The average molecular weight is 559 g/mol. The topological polar surface area (TPSA) is 73.0 Å². The smallest absolute Gasteiger partial charge is 0.257 e. The molecule has 1 unspecified atom stereocenters. The fourth-order valence-corrected chi connectivity index (χ4v) is 5.84. The van der Waals surface area contributed by atoms with Crippen molar-refractivity contribution in [2.75, 3.05) is 49.5 Å². The van der Waals surface area contributed by atoms with Crippen LogP contribution in [0.15, 0.2) is 72.8 Å². The Morgan fingerprint density at radius 3 is 2.15 bits per heavy atom. The fourth-order valence-electron chi connectivity index (χ4n) is 5.62. The standard InChI is InChI=1S/C32H35ClN4O3/c1-2-25(23-10-4-3-5-11-23)31(39)37-20-18-35(19-21-37)29-15-14-24(22-27(29)32(40)36-16-8-9-17-36)34-30(38)26-12-6-7-13-28(26)33/h3-7,10-15,22,25H,2,8-9,16-21H2,1H3,(H,34,38). The van der Waals surface area contributed by atoms with Crippen LogP contribution in [0.25, 0.3) is 0 Å². The number of anilines is 2. The van der Waals surface area contributed by atoms with Crippen LogP contribution in [0.5, 0.6) is 0 Å². The zero-order valence-corrected chi connectivity index (χ0v) is 23.6. The minimum Gasteiger partial charge on any atom is -0.367 e. The van der Waals surface area contributed by atoms with E-state index in [2.05, 4.69) is 10.2 Å². The average Bonchev–Trinajstić information content (AvgIpc) is 3.53. The lowest BCUT2D eigenvalue weighted by molar-refractivity contribution is -0.133. The molecule has 1 N–H and O–H groups in total. The van der Waals surface area contributed by atoms with Crippen molar-refractivity contribution < 1.29 is 14.4 Å². The van der Waals surface area contributed by atoms with Gasteiger partial charge in [-0.1, -0.05) is 61.0 Å². The molecule has 2 aliphatic heterocycles. The number of nitrogens with zero attached hydrogens (tertiary/aromatic N) is 3. The third-order valence-electron chi connectivity index (χ3n) is 7.84. The molecule has 1 atom stereocenters. The molecule has 2 heterocycles. The highest BCUT2D eigenvalue weighted by molar-refractivity contribution is 6.34. The lowest BCUT2D eigenvalue weighted by atomic mass is 9.94. The van der Waals surface area contributed by atoms with Gasteiger partial charge in [-0.25, -0.2) is 0 Å². The number of hydrogen-bond acceptors (Lipinski definition) is 4. The fraction of sp³-hybridized carbons (Fsp3) is 0.344. The first-order chi connectivity index (χ1) is 19.5. The molecule has 3 amide bonds. The number of benzene rings is 3. The van der Waals surface area contributed by atoms with Gasteiger partial charge in [0.2, 0.25) is 5.91 Å². The number of nitrogens with one attached hydrogen (secondary N) is 1. The molecule has 8 heteroatoms. The molecule has 0 radical (unpaired) electrons. The van der Waals surface area contributed by atoms with Crippen LogP contribution in [0.1, 0.15) is 58.4 Å². The van der Waals surface area contributed by atoms with Crippen molar-refractivity contribution in [2.45, 2.75) is 32.1 Å². The summed E-state index contributed by atoms with van der Waals surface area (Å²) in [5.74, 6) is -0.357. The Morgan fingerprint density at radius 1 is 0.800 bits per heavy atom. The second-order valence-corrected chi connectivity index (χ2v) is 10.8. The zero-order chi connectivity index (χ0) is 28.1. The Bertz CT molecular complexity index is 1370. The van der Waals surface area contributed by atoms with E-state index < -0.39 is 0 Å². The van der Waals surface area contributed by atoms with Gasteiger partial charge in [0.1, 0.15) is 0 Å². The van der Waals surface area contributed by atoms with Crippen molar-refractivity contribution >= 4 is 40.7 Å². The van der Waals surface area contributed by atoms with Crippen molar-refractivity contribution in [3.05, 3.63) is 94.5 Å². The van der Waals surface area contributed by atoms with Crippen LogP contribution in [-0.2, 0) is 4.79 Å². The summed E-state index contributed by atoms with van der Waals surface area (Å²) in [6, 6.07) is 22.3. The minimum absolute atomic E-state index is 0.0324. The predicted molar refractivity (Wildman–Crippen MR) is 159 cm³/mol. The number of rotatable bonds is 7. The molecule has 0 spiro atoms. The number of carbonyl (C=O) groups is 3. The number of hydrogen-bond donors (Lipinski definition) is 1. The number of carbonyl (C=O) groups excluding carboxylic acids is 3. The first-order valence-electron chi connectivity index (χ1n) is 14.0. The van der Waals surface area contributed by atoms with Gasteiger partial charge >= 0.3 is 0 Å². The lowest BCUT2D eigenvalue weighted by Crippen LogP contribution is -2.50. The van der Waals surface area contributed by atoms with E-state index in [-0.39, 0.29) is 23.6 Å². The van der Waals surface area contributed by atoms with Crippen LogP contribution < -0.4 is 10.2 Å². The molecule has 3 aromatic carbocycles. The van der Waals surface area contributed by atoms with Gasteiger partial charge in [0.15, 0.2) is 0 Å². The summed E-state index contributed by atoms with van der Waals surface area (Å²) >= 11 is 6.22. The molecule has 0 bridgehead atoms. The summed E-state index contributed by atoms with van der Waals surface area (Å²) in [5.41, 5.74) is 3.36. The third-order valence-corrected chi connectivity index (χ3v) is 8.17. The van der Waals surface area contributed by atoms with Gasteiger partial charge in [0, 0.05) is 50.6 Å². The largest absolute Gasteiger partial charge is 0.367 e. The van der Waals surface area contributed by atoms with Crippen LogP contribution in [0, 0.1) is 0 Å². The van der Waals surface area contributed by atoms with E-state index in [9.17, 15) is 14.4 Å². The van der Waals surface area contributed by atoms with Gasteiger partial charge in [-0.05, 0) is 55.2 Å². The molecule has 208 valence electrons. The molecule has 0 aliphatic carbocycles. The Labute approximate surface area is 240 Å². The van der Waals surface area contributed by atoms with Crippen molar-refractivity contribution in [1.29, 1.82) is 0 Å². The third kappa shape index (κ3) is 5.99. The van der Waals surface area contributed by atoms with Gasteiger partial charge in [0.25, 0.3) is 11.8 Å². The molecule has 5 rings (SSSR count). The number of likely N-dealkylation sites (tertiary alicyclic amines) is 1. The maximum atomic E-state index is 13.6. The number of amides is 3. The summed E-state index contributed by atoms with van der Waals surface area (Å²) < 4.78 is 0. The van der Waals surface area contributed by atoms with E-state index in [0.717, 1.165) is 43.6 Å². The summed E-state index contributed by atoms with van der Waals surface area (Å²) in [5, 5.41) is 3.28. The SMILES string of the molecule is CCC(C(=O)N1CCN(c2ccc(NC(=O)c3ccccc3Cl)cc2C(=O)N2CCCC2)CC1)c1ccccc1. The first kappa shape index (κ1) is 27.7. The van der Waals surface area contributed by atoms with Gasteiger partial charge in [-0.15, -0.1) is 0 Å². The molecule has 3 aromatic rings. The predicted octanol–water partition coefficient (Wildman–Crippen LogP) is 5.67. The molecule has 2 fully saturated rings. The van der Waals surface area contributed by atoms with E-state index >= 15 is 0 Å². The second-order valence-electron chi connectivity index (χ2n) is 10.3. The van der Waals surface area contributed by atoms with Crippen molar-refractivity contribution in [1.82, 2.24) is 9.80 Å². The van der Waals surface area contributed by atoms with Crippen molar-refractivity contribution in [3.63, 3.8) is 0 Å². The second kappa shape index (κ2) is 12.6. The van der Waals surface area contributed by atoms with Crippen molar-refractivity contribution in [3.8, 4) is 0 Å². The number of piperazine rings is 1. The molecule has 0 saturated carbocycles. The van der Waals surface area contributed by atoms with Crippen LogP contribution in [0.2, 0.25) is 5.02 Å². The maximum absolute atomic E-state index is 13.6. The van der Waals surface area contributed by atoms with Gasteiger partial charge in [-0.2, -0.15) is 0 Å². The van der Waals surface area contributed by atoms with Crippen LogP contribution in [0.3, 0.4) is 0 Å². The van der Waals surface area contributed by atoms with E-state index in [1.807, 2.05) is 59.2 Å².